The molecule has 2 N–H and O–H groups in total. The molecular formula is C32H32N2O4S2. The standard InChI is InChI=1S/C32H32N2O4S2/c1-4-5-14-27(35)33-24-12-9-13-25(19-24)40-29(23-10-7-6-8-11-23)30(36)34-31-28(32(37)38-3)26(20-39-31)22-17-15-21(2)16-18-22/h6-13,15-20,29H,4-5,14H2,1-3H3,(H,33,35)(H,34,36). The molecule has 0 radical (unpaired) electrons. The van der Waals surface area contributed by atoms with Gasteiger partial charge in [-0.05, 0) is 42.7 Å². The first kappa shape index (κ1) is 29.1. The predicted octanol–water partition coefficient (Wildman–Crippen LogP) is 8.11. The third-order valence-corrected chi connectivity index (χ3v) is 8.39. The van der Waals surface area contributed by atoms with Crippen molar-refractivity contribution in [2.24, 2.45) is 0 Å². The third kappa shape index (κ3) is 7.40. The second-order valence-corrected chi connectivity index (χ2v) is 11.3. The van der Waals surface area contributed by atoms with Gasteiger partial charge in [0.1, 0.15) is 15.8 Å². The van der Waals surface area contributed by atoms with Crippen molar-refractivity contribution in [2.75, 3.05) is 17.7 Å². The van der Waals surface area contributed by atoms with Gasteiger partial charge in [-0.2, -0.15) is 0 Å². The lowest BCUT2D eigenvalue weighted by atomic mass is 10.0. The van der Waals surface area contributed by atoms with Crippen molar-refractivity contribution in [2.45, 2.75) is 43.3 Å². The number of unbranched alkanes of at least 4 members (excludes halogenated alkanes) is 1. The van der Waals surface area contributed by atoms with E-state index in [0.29, 0.717) is 28.2 Å². The van der Waals surface area contributed by atoms with Gasteiger partial charge < -0.3 is 15.4 Å². The fourth-order valence-corrected chi connectivity index (χ4v) is 6.17. The molecule has 0 aliphatic rings. The van der Waals surface area contributed by atoms with Gasteiger partial charge in [0.25, 0.3) is 0 Å². The largest absolute Gasteiger partial charge is 0.465 e. The molecule has 8 heteroatoms. The number of amides is 2. The summed E-state index contributed by atoms with van der Waals surface area (Å²) in [5.41, 5.74) is 4.53. The lowest BCUT2D eigenvalue weighted by Gasteiger charge is -2.18. The summed E-state index contributed by atoms with van der Waals surface area (Å²) in [6.45, 7) is 4.05. The minimum atomic E-state index is -0.609. The SMILES string of the molecule is CCCCC(=O)Nc1cccc(SC(C(=O)Nc2scc(-c3ccc(C)cc3)c2C(=O)OC)c2ccccc2)c1. The average Bonchev–Trinajstić information content (AvgIpc) is 3.38. The number of carbonyl (C=O) groups excluding carboxylic acids is 3. The number of hydrogen-bond acceptors (Lipinski definition) is 6. The molecule has 1 atom stereocenters. The summed E-state index contributed by atoms with van der Waals surface area (Å²) in [6.07, 6.45) is 2.25. The maximum absolute atomic E-state index is 13.8. The van der Waals surface area contributed by atoms with Gasteiger partial charge >= 0.3 is 5.97 Å². The first-order chi connectivity index (χ1) is 19.4. The Labute approximate surface area is 243 Å². The third-order valence-electron chi connectivity index (χ3n) is 6.25. The van der Waals surface area contributed by atoms with E-state index in [2.05, 4.69) is 10.6 Å². The highest BCUT2D eigenvalue weighted by molar-refractivity contribution is 8.00. The molecule has 0 aliphatic carbocycles. The van der Waals surface area contributed by atoms with E-state index in [1.807, 2.05) is 98.1 Å². The van der Waals surface area contributed by atoms with E-state index < -0.39 is 11.2 Å². The van der Waals surface area contributed by atoms with Crippen LogP contribution in [-0.4, -0.2) is 24.9 Å². The molecule has 4 aromatic rings. The number of anilines is 2. The number of thioether (sulfide) groups is 1. The van der Waals surface area contributed by atoms with Crippen LogP contribution in [-0.2, 0) is 14.3 Å². The first-order valence-corrected chi connectivity index (χ1v) is 14.8. The van der Waals surface area contributed by atoms with E-state index in [1.165, 1.54) is 30.2 Å². The molecule has 0 saturated heterocycles. The fraction of sp³-hybridized carbons (Fsp3) is 0.219. The molecule has 0 saturated carbocycles. The quantitative estimate of drug-likeness (QED) is 0.140. The van der Waals surface area contributed by atoms with Crippen LogP contribution in [0.3, 0.4) is 0 Å². The van der Waals surface area contributed by atoms with Gasteiger partial charge in [0.15, 0.2) is 0 Å². The van der Waals surface area contributed by atoms with Gasteiger partial charge in [-0.25, -0.2) is 4.79 Å². The van der Waals surface area contributed by atoms with Crippen molar-refractivity contribution in [1.29, 1.82) is 0 Å². The number of esters is 1. The zero-order valence-corrected chi connectivity index (χ0v) is 24.4. The van der Waals surface area contributed by atoms with Crippen LogP contribution in [0.25, 0.3) is 11.1 Å². The molecule has 1 aromatic heterocycles. The lowest BCUT2D eigenvalue weighted by molar-refractivity contribution is -0.116. The highest BCUT2D eigenvalue weighted by Crippen LogP contribution is 2.40. The Bertz CT molecular complexity index is 1470. The van der Waals surface area contributed by atoms with Crippen molar-refractivity contribution in [3.8, 4) is 11.1 Å². The van der Waals surface area contributed by atoms with Gasteiger partial charge in [0.2, 0.25) is 11.8 Å². The van der Waals surface area contributed by atoms with Crippen molar-refractivity contribution < 1.29 is 19.1 Å². The molecule has 1 heterocycles. The summed E-state index contributed by atoms with van der Waals surface area (Å²) >= 11 is 2.67. The Morgan fingerprint density at radius 2 is 1.70 bits per heavy atom. The van der Waals surface area contributed by atoms with Crippen LogP contribution in [0.2, 0.25) is 0 Å². The van der Waals surface area contributed by atoms with Crippen LogP contribution >= 0.6 is 23.1 Å². The highest BCUT2D eigenvalue weighted by Gasteiger charge is 2.27. The monoisotopic (exact) mass is 572 g/mol. The number of aryl methyl sites for hydroxylation is 1. The van der Waals surface area contributed by atoms with Crippen LogP contribution in [0.4, 0.5) is 10.7 Å². The van der Waals surface area contributed by atoms with E-state index in [4.69, 9.17) is 4.74 Å². The van der Waals surface area contributed by atoms with Crippen LogP contribution < -0.4 is 10.6 Å². The Morgan fingerprint density at radius 1 is 0.950 bits per heavy atom. The molecule has 2 amide bonds. The summed E-state index contributed by atoms with van der Waals surface area (Å²) in [6, 6.07) is 24.8. The summed E-state index contributed by atoms with van der Waals surface area (Å²) in [7, 11) is 1.33. The predicted molar refractivity (Wildman–Crippen MR) is 164 cm³/mol. The summed E-state index contributed by atoms with van der Waals surface area (Å²) in [4.78, 5) is 39.7. The number of methoxy groups -OCH3 is 1. The molecule has 6 nitrogen and oxygen atoms in total. The van der Waals surface area contributed by atoms with Gasteiger partial charge in [0.05, 0.1) is 7.11 Å². The van der Waals surface area contributed by atoms with Crippen LogP contribution in [0.1, 0.15) is 52.9 Å². The number of nitrogens with one attached hydrogen (secondary N) is 2. The van der Waals surface area contributed by atoms with Gasteiger partial charge in [0, 0.05) is 27.9 Å². The van der Waals surface area contributed by atoms with Crippen molar-refractivity contribution in [3.63, 3.8) is 0 Å². The van der Waals surface area contributed by atoms with Crippen LogP contribution in [0, 0.1) is 6.92 Å². The van der Waals surface area contributed by atoms with Gasteiger partial charge in [-0.15, -0.1) is 23.1 Å². The summed E-state index contributed by atoms with van der Waals surface area (Å²) in [5.74, 6) is -0.808. The van der Waals surface area contributed by atoms with Crippen molar-refractivity contribution in [1.82, 2.24) is 0 Å². The summed E-state index contributed by atoms with van der Waals surface area (Å²) in [5, 5.41) is 7.64. The van der Waals surface area contributed by atoms with Gasteiger partial charge in [-0.1, -0.05) is 79.6 Å². The molecule has 4 rings (SSSR count). The van der Waals surface area contributed by atoms with Crippen LogP contribution in [0.5, 0.6) is 0 Å². The van der Waals surface area contributed by atoms with E-state index in [0.717, 1.165) is 34.4 Å². The molecule has 40 heavy (non-hydrogen) atoms. The van der Waals surface area contributed by atoms with Crippen molar-refractivity contribution in [3.05, 3.63) is 101 Å². The number of rotatable bonds is 11. The Morgan fingerprint density at radius 3 is 2.40 bits per heavy atom. The molecule has 0 bridgehead atoms. The second kappa shape index (κ2) is 14.0. The lowest BCUT2D eigenvalue weighted by Crippen LogP contribution is -2.20. The zero-order valence-electron chi connectivity index (χ0n) is 22.7. The smallest absolute Gasteiger partial charge is 0.341 e. The molecule has 3 aromatic carbocycles. The van der Waals surface area contributed by atoms with E-state index >= 15 is 0 Å². The maximum atomic E-state index is 13.8. The summed E-state index contributed by atoms with van der Waals surface area (Å²) < 4.78 is 5.09. The Balaban J connectivity index is 1.61. The van der Waals surface area contributed by atoms with E-state index in [9.17, 15) is 14.4 Å². The Kier molecular flexibility index (Phi) is 10.2. The molecule has 1 unspecified atom stereocenters. The first-order valence-electron chi connectivity index (χ1n) is 13.1. The average molecular weight is 573 g/mol. The Hall–Kier alpha value is -3.88. The molecular weight excluding hydrogens is 540 g/mol. The second-order valence-electron chi connectivity index (χ2n) is 9.29. The number of carbonyl (C=O) groups is 3. The zero-order chi connectivity index (χ0) is 28.5. The van der Waals surface area contributed by atoms with Crippen molar-refractivity contribution >= 4 is 51.6 Å². The van der Waals surface area contributed by atoms with Gasteiger partial charge in [-0.3, -0.25) is 9.59 Å². The molecule has 0 aliphatic heterocycles. The number of hydrogen-bond donors (Lipinski definition) is 2. The highest BCUT2D eigenvalue weighted by atomic mass is 32.2. The van der Waals surface area contributed by atoms with Crippen LogP contribution in [0.15, 0.2) is 89.1 Å². The number of benzene rings is 3. The fourth-order valence-electron chi connectivity index (χ4n) is 4.12. The minimum Gasteiger partial charge on any atom is -0.465 e. The topological polar surface area (TPSA) is 84.5 Å². The number of ether oxygens (including phenoxy) is 1. The van der Waals surface area contributed by atoms with E-state index in [1.54, 1.807) is 0 Å². The molecule has 206 valence electrons. The maximum Gasteiger partial charge on any atom is 0.341 e. The minimum absolute atomic E-state index is 0.0289. The molecule has 0 spiro atoms. The van der Waals surface area contributed by atoms with E-state index in [-0.39, 0.29) is 11.8 Å². The molecule has 0 fully saturated rings. The number of thiophene rings is 1. The normalized spacial score (nSPS) is 11.5.